The lowest BCUT2D eigenvalue weighted by Crippen LogP contribution is -2.23. The van der Waals surface area contributed by atoms with Crippen LogP contribution in [0.2, 0.25) is 0 Å². The fraction of sp³-hybridized carbons (Fsp3) is 0.143. The summed E-state index contributed by atoms with van der Waals surface area (Å²) in [6.07, 6.45) is 4.79. The number of benzene rings is 2. The number of nitrogens with zero attached hydrogens (tertiary/aromatic N) is 5. The van der Waals surface area contributed by atoms with Crippen molar-refractivity contribution in [2.45, 2.75) is 20.3 Å². The summed E-state index contributed by atoms with van der Waals surface area (Å²) in [5, 5.41) is 11.3. The van der Waals surface area contributed by atoms with Crippen molar-refractivity contribution in [3.63, 3.8) is 0 Å². The van der Waals surface area contributed by atoms with Crippen LogP contribution in [0.25, 0.3) is 38.7 Å². The van der Waals surface area contributed by atoms with Crippen molar-refractivity contribution in [3.8, 4) is 33.4 Å². The highest BCUT2D eigenvalue weighted by molar-refractivity contribution is 7.15. The minimum atomic E-state index is -0.187. The molecule has 4 aromatic heterocycles. The van der Waals surface area contributed by atoms with Gasteiger partial charge in [-0.3, -0.25) is 4.79 Å². The molecule has 2 aromatic carbocycles. The molecule has 9 heteroatoms. The fourth-order valence-electron chi connectivity index (χ4n) is 4.09. The molecule has 0 bridgehead atoms. The Bertz CT molecular complexity index is 1800. The van der Waals surface area contributed by atoms with Crippen LogP contribution in [0.4, 0.5) is 0 Å². The van der Waals surface area contributed by atoms with Crippen LogP contribution in [0.3, 0.4) is 0 Å². The van der Waals surface area contributed by atoms with E-state index in [2.05, 4.69) is 23.1 Å². The number of thiazole rings is 1. The van der Waals surface area contributed by atoms with Crippen LogP contribution in [0.5, 0.6) is 5.75 Å². The van der Waals surface area contributed by atoms with Gasteiger partial charge in [0, 0.05) is 17.3 Å². The van der Waals surface area contributed by atoms with E-state index in [1.165, 1.54) is 15.9 Å². The molecule has 0 amide bonds. The first kappa shape index (κ1) is 23.3. The van der Waals surface area contributed by atoms with Crippen molar-refractivity contribution in [3.05, 3.63) is 98.3 Å². The van der Waals surface area contributed by atoms with Gasteiger partial charge in [-0.15, -0.1) is 16.4 Å². The normalized spacial score (nSPS) is 12.0. The zero-order chi connectivity index (χ0) is 25.4. The first-order valence-corrected chi connectivity index (χ1v) is 13.6. The smallest absolute Gasteiger partial charge is 0.291 e. The number of thiophene rings is 1. The second kappa shape index (κ2) is 9.76. The van der Waals surface area contributed by atoms with Crippen LogP contribution in [0, 0.1) is 6.92 Å². The number of aromatic nitrogens is 5. The molecule has 0 N–H and O–H groups in total. The number of fused-ring (bicyclic) bond motifs is 1. The summed E-state index contributed by atoms with van der Waals surface area (Å²) < 4.78 is 9.65. The summed E-state index contributed by atoms with van der Waals surface area (Å²) in [6.45, 7) is 4.80. The molecule has 0 radical (unpaired) electrons. The Balaban J connectivity index is 1.47. The van der Waals surface area contributed by atoms with E-state index >= 15 is 0 Å². The van der Waals surface area contributed by atoms with Crippen LogP contribution < -0.4 is 14.8 Å². The SMILES string of the molecule is CCCOc1ccc(-c2nn(-c3ccccc3)cc2/C=c2\sc3nc(-c4cccs4)nn3c2=O)cc1C. The molecule has 0 aliphatic rings. The van der Waals surface area contributed by atoms with Crippen molar-refractivity contribution in [2.24, 2.45) is 0 Å². The molecule has 0 aliphatic carbocycles. The average Bonchev–Trinajstić information content (AvgIpc) is 3.70. The van der Waals surface area contributed by atoms with Crippen LogP contribution >= 0.6 is 22.7 Å². The Morgan fingerprint density at radius 3 is 2.65 bits per heavy atom. The lowest BCUT2D eigenvalue weighted by atomic mass is 10.0. The molecule has 4 heterocycles. The molecule has 7 nitrogen and oxygen atoms in total. The quantitative estimate of drug-likeness (QED) is 0.280. The molecule has 6 aromatic rings. The van der Waals surface area contributed by atoms with E-state index in [9.17, 15) is 4.79 Å². The van der Waals surface area contributed by atoms with E-state index in [4.69, 9.17) is 9.84 Å². The predicted molar refractivity (Wildman–Crippen MR) is 149 cm³/mol. The summed E-state index contributed by atoms with van der Waals surface area (Å²) >= 11 is 2.88. The van der Waals surface area contributed by atoms with Crippen molar-refractivity contribution < 1.29 is 4.74 Å². The second-order valence-electron chi connectivity index (χ2n) is 8.56. The Morgan fingerprint density at radius 1 is 1.05 bits per heavy atom. The van der Waals surface area contributed by atoms with Gasteiger partial charge in [-0.1, -0.05) is 42.5 Å². The fourth-order valence-corrected chi connectivity index (χ4v) is 5.64. The van der Waals surface area contributed by atoms with Crippen LogP contribution in [-0.4, -0.2) is 31.0 Å². The van der Waals surface area contributed by atoms with Gasteiger partial charge in [0.15, 0.2) is 5.82 Å². The number of hydrogen-bond acceptors (Lipinski definition) is 7. The maximum atomic E-state index is 13.2. The van der Waals surface area contributed by atoms with Gasteiger partial charge in [0.25, 0.3) is 5.56 Å². The van der Waals surface area contributed by atoms with E-state index in [1.54, 1.807) is 11.3 Å². The van der Waals surface area contributed by atoms with Gasteiger partial charge < -0.3 is 4.74 Å². The zero-order valence-corrected chi connectivity index (χ0v) is 21.9. The molecular weight excluding hydrogens is 502 g/mol. The van der Waals surface area contributed by atoms with Crippen molar-refractivity contribution in [2.75, 3.05) is 6.61 Å². The van der Waals surface area contributed by atoms with Crippen LogP contribution in [-0.2, 0) is 0 Å². The van der Waals surface area contributed by atoms with Gasteiger partial charge in [-0.2, -0.15) is 14.6 Å². The average molecular weight is 526 g/mol. The molecule has 184 valence electrons. The third kappa shape index (κ3) is 4.47. The van der Waals surface area contributed by atoms with Gasteiger partial charge in [0.1, 0.15) is 11.4 Å². The maximum Gasteiger partial charge on any atom is 0.291 e. The summed E-state index contributed by atoms with van der Waals surface area (Å²) in [6, 6.07) is 19.9. The topological polar surface area (TPSA) is 74.3 Å². The van der Waals surface area contributed by atoms with Gasteiger partial charge in [0.2, 0.25) is 4.96 Å². The zero-order valence-electron chi connectivity index (χ0n) is 20.3. The third-order valence-electron chi connectivity index (χ3n) is 5.88. The van der Waals surface area contributed by atoms with Crippen LogP contribution in [0.15, 0.2) is 77.0 Å². The van der Waals surface area contributed by atoms with E-state index < -0.39 is 0 Å². The highest BCUT2D eigenvalue weighted by Gasteiger charge is 2.16. The minimum Gasteiger partial charge on any atom is -0.493 e. The molecule has 0 spiro atoms. The van der Waals surface area contributed by atoms with Crippen molar-refractivity contribution in [1.82, 2.24) is 24.4 Å². The number of para-hydroxylation sites is 1. The Labute approximate surface area is 220 Å². The largest absolute Gasteiger partial charge is 0.493 e. The minimum absolute atomic E-state index is 0.187. The van der Waals surface area contributed by atoms with Gasteiger partial charge in [-0.05, 0) is 66.8 Å². The number of rotatable bonds is 7. The molecule has 0 fully saturated rings. The summed E-state index contributed by atoms with van der Waals surface area (Å²) in [5.41, 5.74) is 4.36. The van der Waals surface area contributed by atoms with E-state index in [0.29, 0.717) is 21.9 Å². The highest BCUT2D eigenvalue weighted by Crippen LogP contribution is 2.29. The van der Waals surface area contributed by atoms with Crippen molar-refractivity contribution in [1.29, 1.82) is 0 Å². The van der Waals surface area contributed by atoms with Crippen LogP contribution in [0.1, 0.15) is 24.5 Å². The summed E-state index contributed by atoms with van der Waals surface area (Å²) in [7, 11) is 0. The first-order chi connectivity index (χ1) is 18.1. The molecule has 0 unspecified atom stereocenters. The monoisotopic (exact) mass is 525 g/mol. The summed E-state index contributed by atoms with van der Waals surface area (Å²) in [4.78, 5) is 19.3. The standard InChI is InChI=1S/C28H23N5O2S2/c1-3-13-35-22-12-11-19(15-18(22)2)25-20(17-32(30-25)21-8-5-4-6-9-21)16-24-27(34)33-28(37-24)29-26(31-33)23-10-7-14-36-23/h4-12,14-17H,3,13H2,1-2H3/b24-16-. The third-order valence-corrected chi connectivity index (χ3v) is 7.71. The Hall–Kier alpha value is -4.08. The molecule has 6 rings (SSSR count). The molecule has 0 atom stereocenters. The number of hydrogen-bond donors (Lipinski definition) is 0. The lowest BCUT2D eigenvalue weighted by molar-refractivity contribution is 0.315. The maximum absolute atomic E-state index is 13.2. The highest BCUT2D eigenvalue weighted by atomic mass is 32.1. The first-order valence-electron chi connectivity index (χ1n) is 11.9. The molecule has 37 heavy (non-hydrogen) atoms. The summed E-state index contributed by atoms with van der Waals surface area (Å²) in [5.74, 6) is 1.44. The Kier molecular flexibility index (Phi) is 6.15. The predicted octanol–water partition coefficient (Wildman–Crippen LogP) is 5.38. The van der Waals surface area contributed by atoms with Gasteiger partial charge in [0.05, 0.1) is 21.7 Å². The van der Waals surface area contributed by atoms with Crippen molar-refractivity contribution >= 4 is 33.7 Å². The van der Waals surface area contributed by atoms with Gasteiger partial charge >= 0.3 is 0 Å². The molecular formula is C28H23N5O2S2. The second-order valence-corrected chi connectivity index (χ2v) is 10.5. The Morgan fingerprint density at radius 2 is 1.92 bits per heavy atom. The molecule has 0 saturated carbocycles. The number of ether oxygens (including phenoxy) is 1. The number of aryl methyl sites for hydroxylation is 1. The van der Waals surface area contributed by atoms with E-state index in [0.717, 1.165) is 45.1 Å². The van der Waals surface area contributed by atoms with Gasteiger partial charge in [-0.25, -0.2) is 4.68 Å². The molecule has 0 saturated heterocycles. The molecule has 0 aliphatic heterocycles. The lowest BCUT2D eigenvalue weighted by Gasteiger charge is -2.09. The van der Waals surface area contributed by atoms with E-state index in [1.807, 2.05) is 83.9 Å². The van der Waals surface area contributed by atoms with E-state index in [-0.39, 0.29) is 5.56 Å².